The molecular formula is C22H19N7O. The van der Waals surface area contributed by atoms with E-state index in [1.165, 1.54) is 0 Å². The number of H-pyrrole nitrogens is 1. The van der Waals surface area contributed by atoms with Crippen LogP contribution in [0.1, 0.15) is 16.8 Å². The Morgan fingerprint density at radius 3 is 2.67 bits per heavy atom. The van der Waals surface area contributed by atoms with E-state index in [2.05, 4.69) is 36.8 Å². The average Bonchev–Trinajstić information content (AvgIpc) is 3.27. The smallest absolute Gasteiger partial charge is 0.243 e. The third-order valence-electron chi connectivity index (χ3n) is 4.64. The fraction of sp³-hybridized carbons (Fsp3) is 0.136. The number of nitrogens with one attached hydrogen (secondary N) is 2. The number of aromatic nitrogens is 5. The summed E-state index contributed by atoms with van der Waals surface area (Å²) >= 11 is 0. The Balaban J connectivity index is 1.46. The molecule has 0 aliphatic rings. The topological polar surface area (TPSA) is 112 Å². The first-order valence-electron chi connectivity index (χ1n) is 9.29. The zero-order chi connectivity index (χ0) is 20.9. The van der Waals surface area contributed by atoms with Crippen LogP contribution in [0.15, 0.2) is 54.7 Å². The minimum atomic E-state index is 0.414. The Bertz CT molecular complexity index is 1210. The summed E-state index contributed by atoms with van der Waals surface area (Å²) in [6.45, 7) is 2.41. The first-order chi connectivity index (χ1) is 14.7. The van der Waals surface area contributed by atoms with Crippen LogP contribution in [0, 0.1) is 18.3 Å². The normalized spacial score (nSPS) is 10.4. The Labute approximate surface area is 173 Å². The summed E-state index contributed by atoms with van der Waals surface area (Å²) in [6.07, 6.45) is 1.61. The van der Waals surface area contributed by atoms with Crippen molar-refractivity contribution in [3.8, 4) is 34.3 Å². The standard InChI is InChI=1S/C22H19N7O/c1-14-9-15(11-23)3-8-19(14)21-13-25-29-22(26-21)24-12-17-10-20(28-27-17)16-4-6-18(30-2)7-5-16/h3-10,13H,12H2,1-2H3,(H,27,28)(H,24,26,29). The third kappa shape index (κ3) is 4.10. The molecule has 2 heterocycles. The molecule has 2 aromatic heterocycles. The molecule has 148 valence electrons. The third-order valence-corrected chi connectivity index (χ3v) is 4.64. The second-order valence-corrected chi connectivity index (χ2v) is 6.67. The minimum absolute atomic E-state index is 0.414. The van der Waals surface area contributed by atoms with Crippen molar-refractivity contribution < 1.29 is 4.74 Å². The van der Waals surface area contributed by atoms with E-state index in [4.69, 9.17) is 10.00 Å². The zero-order valence-electron chi connectivity index (χ0n) is 16.5. The molecule has 8 nitrogen and oxygen atoms in total. The van der Waals surface area contributed by atoms with E-state index >= 15 is 0 Å². The molecule has 0 radical (unpaired) electrons. The molecule has 30 heavy (non-hydrogen) atoms. The minimum Gasteiger partial charge on any atom is -0.497 e. The fourth-order valence-electron chi connectivity index (χ4n) is 3.06. The van der Waals surface area contributed by atoms with Crippen LogP contribution in [-0.2, 0) is 6.54 Å². The van der Waals surface area contributed by atoms with Gasteiger partial charge >= 0.3 is 0 Å². The van der Waals surface area contributed by atoms with Crippen molar-refractivity contribution in [3.63, 3.8) is 0 Å². The number of hydrogen-bond acceptors (Lipinski definition) is 7. The Morgan fingerprint density at radius 1 is 1.10 bits per heavy atom. The molecule has 0 spiro atoms. The molecule has 0 saturated carbocycles. The highest BCUT2D eigenvalue weighted by Gasteiger charge is 2.09. The first kappa shape index (κ1) is 19.1. The van der Waals surface area contributed by atoms with Crippen molar-refractivity contribution >= 4 is 5.95 Å². The number of aromatic amines is 1. The summed E-state index contributed by atoms with van der Waals surface area (Å²) in [6, 6.07) is 17.3. The van der Waals surface area contributed by atoms with Gasteiger partial charge in [-0.15, -0.1) is 5.10 Å². The summed E-state index contributed by atoms with van der Waals surface area (Å²) in [5.74, 6) is 1.22. The van der Waals surface area contributed by atoms with Gasteiger partial charge in [0.25, 0.3) is 0 Å². The number of anilines is 1. The predicted molar refractivity (Wildman–Crippen MR) is 113 cm³/mol. The highest BCUT2D eigenvalue weighted by Crippen LogP contribution is 2.23. The van der Waals surface area contributed by atoms with Gasteiger partial charge in [-0.3, -0.25) is 5.10 Å². The van der Waals surface area contributed by atoms with Gasteiger partial charge in [0.05, 0.1) is 48.6 Å². The number of hydrogen-bond donors (Lipinski definition) is 2. The molecule has 0 bridgehead atoms. The maximum absolute atomic E-state index is 9.03. The molecule has 2 aromatic carbocycles. The fourth-order valence-corrected chi connectivity index (χ4v) is 3.06. The molecule has 0 amide bonds. The van der Waals surface area contributed by atoms with Crippen LogP contribution < -0.4 is 10.1 Å². The zero-order valence-corrected chi connectivity index (χ0v) is 16.5. The summed E-state index contributed by atoms with van der Waals surface area (Å²) in [4.78, 5) is 4.54. The van der Waals surface area contributed by atoms with Crippen LogP contribution in [0.3, 0.4) is 0 Å². The van der Waals surface area contributed by atoms with Gasteiger partial charge in [0, 0.05) is 11.1 Å². The van der Waals surface area contributed by atoms with Crippen molar-refractivity contribution in [2.45, 2.75) is 13.5 Å². The molecule has 4 aromatic rings. The number of rotatable bonds is 6. The van der Waals surface area contributed by atoms with Crippen LogP contribution in [0.5, 0.6) is 5.75 Å². The molecule has 4 rings (SSSR count). The Morgan fingerprint density at radius 2 is 1.93 bits per heavy atom. The van der Waals surface area contributed by atoms with Gasteiger partial charge in [0.1, 0.15) is 5.75 Å². The first-order valence-corrected chi connectivity index (χ1v) is 9.29. The van der Waals surface area contributed by atoms with Gasteiger partial charge in [-0.05, 0) is 55.0 Å². The lowest BCUT2D eigenvalue weighted by Crippen LogP contribution is -2.05. The second kappa shape index (κ2) is 8.41. The van der Waals surface area contributed by atoms with Gasteiger partial charge in [-0.25, -0.2) is 4.98 Å². The molecule has 0 unspecified atom stereocenters. The molecule has 0 fully saturated rings. The van der Waals surface area contributed by atoms with Crippen LogP contribution in [0.4, 0.5) is 5.95 Å². The van der Waals surface area contributed by atoms with E-state index in [-0.39, 0.29) is 0 Å². The maximum atomic E-state index is 9.03. The Kier molecular flexibility index (Phi) is 5.35. The summed E-state index contributed by atoms with van der Waals surface area (Å²) in [7, 11) is 1.64. The lowest BCUT2D eigenvalue weighted by atomic mass is 10.0. The summed E-state index contributed by atoms with van der Waals surface area (Å²) in [5, 5.41) is 27.7. The number of aryl methyl sites for hydroxylation is 1. The molecule has 0 saturated heterocycles. The average molecular weight is 397 g/mol. The maximum Gasteiger partial charge on any atom is 0.243 e. The molecule has 0 aliphatic carbocycles. The van der Waals surface area contributed by atoms with Crippen LogP contribution in [-0.4, -0.2) is 32.5 Å². The highest BCUT2D eigenvalue weighted by molar-refractivity contribution is 5.65. The van der Waals surface area contributed by atoms with E-state index in [1.807, 2.05) is 49.4 Å². The number of nitriles is 1. The van der Waals surface area contributed by atoms with Gasteiger partial charge in [0.2, 0.25) is 5.95 Å². The number of benzene rings is 2. The molecule has 8 heteroatoms. The van der Waals surface area contributed by atoms with Crippen LogP contribution in [0.2, 0.25) is 0 Å². The Hall–Kier alpha value is -4.25. The second-order valence-electron chi connectivity index (χ2n) is 6.67. The van der Waals surface area contributed by atoms with Crippen molar-refractivity contribution in [2.75, 3.05) is 12.4 Å². The summed E-state index contributed by atoms with van der Waals surface area (Å²) < 4.78 is 5.19. The molecule has 2 N–H and O–H groups in total. The van der Waals surface area contributed by atoms with Gasteiger partial charge in [-0.2, -0.15) is 15.5 Å². The molecule has 0 atom stereocenters. The van der Waals surface area contributed by atoms with E-state index in [0.29, 0.717) is 23.8 Å². The van der Waals surface area contributed by atoms with Gasteiger partial charge in [-0.1, -0.05) is 6.07 Å². The van der Waals surface area contributed by atoms with Gasteiger partial charge in [0.15, 0.2) is 0 Å². The van der Waals surface area contributed by atoms with Crippen LogP contribution >= 0.6 is 0 Å². The van der Waals surface area contributed by atoms with Gasteiger partial charge < -0.3 is 10.1 Å². The largest absolute Gasteiger partial charge is 0.497 e. The quantitative estimate of drug-likeness (QED) is 0.510. The lowest BCUT2D eigenvalue weighted by Gasteiger charge is -2.07. The highest BCUT2D eigenvalue weighted by atomic mass is 16.5. The predicted octanol–water partition coefficient (Wildman–Crippen LogP) is 3.73. The van der Waals surface area contributed by atoms with Crippen molar-refractivity contribution in [1.82, 2.24) is 25.4 Å². The van der Waals surface area contributed by atoms with E-state index in [1.54, 1.807) is 19.4 Å². The lowest BCUT2D eigenvalue weighted by molar-refractivity contribution is 0.415. The van der Waals surface area contributed by atoms with E-state index in [9.17, 15) is 0 Å². The summed E-state index contributed by atoms with van der Waals surface area (Å²) in [5.41, 5.74) is 5.91. The van der Waals surface area contributed by atoms with E-state index < -0.39 is 0 Å². The monoisotopic (exact) mass is 397 g/mol. The van der Waals surface area contributed by atoms with Crippen LogP contribution in [0.25, 0.3) is 22.5 Å². The van der Waals surface area contributed by atoms with E-state index in [0.717, 1.165) is 33.8 Å². The van der Waals surface area contributed by atoms with Crippen molar-refractivity contribution in [3.05, 3.63) is 71.5 Å². The number of ether oxygens (including phenoxy) is 1. The number of nitrogens with zero attached hydrogens (tertiary/aromatic N) is 5. The molecular weight excluding hydrogens is 378 g/mol. The van der Waals surface area contributed by atoms with Crippen molar-refractivity contribution in [1.29, 1.82) is 5.26 Å². The molecule has 0 aliphatic heterocycles. The van der Waals surface area contributed by atoms with Crippen molar-refractivity contribution in [2.24, 2.45) is 0 Å². The SMILES string of the molecule is COc1ccc(-c2cc(CNc3nncc(-c4ccc(C#N)cc4C)n3)[nH]n2)cc1. The number of methoxy groups -OCH3 is 1.